The maximum atomic E-state index is 6.68. The summed E-state index contributed by atoms with van der Waals surface area (Å²) in [5.74, 6) is 0.780. The minimum absolute atomic E-state index is 0.365. The highest BCUT2D eigenvalue weighted by Gasteiger charge is 2.44. The highest BCUT2D eigenvalue weighted by atomic mass is 15.2. The van der Waals surface area contributed by atoms with E-state index >= 15 is 0 Å². The van der Waals surface area contributed by atoms with Crippen LogP contribution in [0, 0.1) is 5.92 Å². The Labute approximate surface area is 113 Å². The number of nitrogens with zero attached hydrogens (tertiary/aromatic N) is 1. The van der Waals surface area contributed by atoms with Gasteiger partial charge in [-0.25, -0.2) is 0 Å². The van der Waals surface area contributed by atoms with Crippen LogP contribution in [0.2, 0.25) is 0 Å². The van der Waals surface area contributed by atoms with Gasteiger partial charge in [0, 0.05) is 11.6 Å². The van der Waals surface area contributed by atoms with Crippen molar-refractivity contribution in [2.45, 2.75) is 83.2 Å². The summed E-state index contributed by atoms with van der Waals surface area (Å²) in [5, 5.41) is 0. The lowest BCUT2D eigenvalue weighted by Crippen LogP contribution is -2.60. The topological polar surface area (TPSA) is 29.3 Å². The molecule has 2 N–H and O–H groups in total. The van der Waals surface area contributed by atoms with E-state index in [2.05, 4.69) is 18.7 Å². The Balaban J connectivity index is 2.05. The Kier molecular flexibility index (Phi) is 5.08. The molecule has 0 radical (unpaired) electrons. The number of piperidine rings is 1. The number of hydrogen-bond acceptors (Lipinski definition) is 2. The fourth-order valence-electron chi connectivity index (χ4n) is 4.07. The molecule has 2 nitrogen and oxygen atoms in total. The van der Waals surface area contributed by atoms with Crippen LogP contribution in [-0.2, 0) is 0 Å². The lowest BCUT2D eigenvalue weighted by molar-refractivity contribution is 0.0416. The van der Waals surface area contributed by atoms with Crippen LogP contribution in [0.1, 0.15) is 71.6 Å². The number of rotatable bonds is 5. The Morgan fingerprint density at radius 3 is 2.22 bits per heavy atom. The molecule has 1 saturated carbocycles. The molecule has 2 fully saturated rings. The highest BCUT2D eigenvalue weighted by Crippen LogP contribution is 2.40. The zero-order chi connectivity index (χ0) is 13.0. The smallest absolute Gasteiger partial charge is 0.0360 e. The standard InChI is InChI=1S/C16H32N2/c1-3-14(2)13-15(17)16(9-5-6-10-16)18-11-7-4-8-12-18/h14-15H,3-13,17H2,1-2H3. The Hall–Kier alpha value is -0.0800. The minimum Gasteiger partial charge on any atom is -0.326 e. The van der Waals surface area contributed by atoms with E-state index in [9.17, 15) is 0 Å². The molecule has 1 heterocycles. The summed E-state index contributed by atoms with van der Waals surface area (Å²) in [6, 6.07) is 0.396. The second-order valence-electron chi connectivity index (χ2n) is 6.71. The van der Waals surface area contributed by atoms with Gasteiger partial charge >= 0.3 is 0 Å². The van der Waals surface area contributed by atoms with Gasteiger partial charge in [0.25, 0.3) is 0 Å². The van der Waals surface area contributed by atoms with E-state index in [0.29, 0.717) is 11.6 Å². The number of hydrogen-bond donors (Lipinski definition) is 1. The van der Waals surface area contributed by atoms with Crippen LogP contribution >= 0.6 is 0 Å². The Morgan fingerprint density at radius 2 is 1.67 bits per heavy atom. The van der Waals surface area contributed by atoms with Crippen LogP contribution in [0.25, 0.3) is 0 Å². The summed E-state index contributed by atoms with van der Waals surface area (Å²) in [5.41, 5.74) is 7.04. The first-order valence-electron chi connectivity index (χ1n) is 8.19. The van der Waals surface area contributed by atoms with Gasteiger partial charge in [-0.3, -0.25) is 4.90 Å². The van der Waals surface area contributed by atoms with Crippen molar-refractivity contribution in [3.05, 3.63) is 0 Å². The van der Waals surface area contributed by atoms with Crippen LogP contribution < -0.4 is 5.73 Å². The molecule has 2 aliphatic rings. The zero-order valence-electron chi connectivity index (χ0n) is 12.5. The first kappa shape index (κ1) is 14.3. The molecule has 0 aromatic carbocycles. The lowest BCUT2D eigenvalue weighted by Gasteiger charge is -2.48. The van der Waals surface area contributed by atoms with Crippen molar-refractivity contribution in [2.24, 2.45) is 11.7 Å². The third-order valence-electron chi connectivity index (χ3n) is 5.50. The lowest BCUT2D eigenvalue weighted by atomic mass is 9.80. The van der Waals surface area contributed by atoms with E-state index < -0.39 is 0 Å². The highest BCUT2D eigenvalue weighted by molar-refractivity contribution is 5.03. The molecular weight excluding hydrogens is 220 g/mol. The summed E-state index contributed by atoms with van der Waals surface area (Å²) in [6.07, 6.45) is 12.2. The maximum absolute atomic E-state index is 6.68. The first-order chi connectivity index (χ1) is 8.69. The molecule has 0 amide bonds. The molecule has 2 rings (SSSR count). The van der Waals surface area contributed by atoms with E-state index in [1.807, 2.05) is 0 Å². The molecule has 2 unspecified atom stereocenters. The molecule has 1 aliphatic heterocycles. The molecule has 2 heteroatoms. The molecule has 1 saturated heterocycles. The van der Waals surface area contributed by atoms with Gasteiger partial charge in [0.05, 0.1) is 0 Å². The van der Waals surface area contributed by atoms with E-state index in [0.717, 1.165) is 5.92 Å². The van der Waals surface area contributed by atoms with Gasteiger partial charge in [-0.1, -0.05) is 39.5 Å². The van der Waals surface area contributed by atoms with E-state index in [-0.39, 0.29) is 0 Å². The van der Waals surface area contributed by atoms with Crippen molar-refractivity contribution >= 4 is 0 Å². The average molecular weight is 252 g/mol. The quantitative estimate of drug-likeness (QED) is 0.811. The van der Waals surface area contributed by atoms with Crippen LogP contribution in [0.15, 0.2) is 0 Å². The fourth-order valence-corrected chi connectivity index (χ4v) is 4.07. The van der Waals surface area contributed by atoms with Crippen LogP contribution in [0.4, 0.5) is 0 Å². The van der Waals surface area contributed by atoms with Crippen molar-refractivity contribution in [3.63, 3.8) is 0 Å². The van der Waals surface area contributed by atoms with Gasteiger partial charge in [0.2, 0.25) is 0 Å². The monoisotopic (exact) mass is 252 g/mol. The molecule has 2 atom stereocenters. The van der Waals surface area contributed by atoms with Gasteiger partial charge in [0.15, 0.2) is 0 Å². The van der Waals surface area contributed by atoms with E-state index in [4.69, 9.17) is 5.73 Å². The normalized spacial score (nSPS) is 28.2. The summed E-state index contributed by atoms with van der Waals surface area (Å²) < 4.78 is 0. The molecule has 106 valence electrons. The van der Waals surface area contributed by atoms with Gasteiger partial charge in [-0.15, -0.1) is 0 Å². The fraction of sp³-hybridized carbons (Fsp3) is 1.00. The predicted molar refractivity (Wildman–Crippen MR) is 78.7 cm³/mol. The first-order valence-corrected chi connectivity index (χ1v) is 8.19. The van der Waals surface area contributed by atoms with Crippen LogP contribution in [0.5, 0.6) is 0 Å². The third-order valence-corrected chi connectivity index (χ3v) is 5.50. The van der Waals surface area contributed by atoms with Crippen molar-refractivity contribution in [1.82, 2.24) is 4.90 Å². The number of nitrogens with two attached hydrogens (primary N) is 1. The summed E-state index contributed by atoms with van der Waals surface area (Å²) in [4.78, 5) is 2.77. The molecule has 0 aromatic heterocycles. The van der Waals surface area contributed by atoms with Gasteiger partial charge in [-0.05, 0) is 51.1 Å². The molecule has 18 heavy (non-hydrogen) atoms. The summed E-state index contributed by atoms with van der Waals surface area (Å²) >= 11 is 0. The van der Waals surface area contributed by atoms with Gasteiger partial charge in [-0.2, -0.15) is 0 Å². The average Bonchev–Trinajstić information content (AvgIpc) is 2.90. The number of likely N-dealkylation sites (tertiary alicyclic amines) is 1. The predicted octanol–water partition coefficient (Wildman–Crippen LogP) is 3.55. The molecular formula is C16H32N2. The zero-order valence-corrected chi connectivity index (χ0v) is 12.5. The Bertz CT molecular complexity index is 239. The van der Waals surface area contributed by atoms with Crippen molar-refractivity contribution in [2.75, 3.05) is 13.1 Å². The van der Waals surface area contributed by atoms with Crippen molar-refractivity contribution < 1.29 is 0 Å². The second-order valence-corrected chi connectivity index (χ2v) is 6.71. The van der Waals surface area contributed by atoms with Gasteiger partial charge in [0.1, 0.15) is 0 Å². The SMILES string of the molecule is CCC(C)CC(N)C1(N2CCCCC2)CCCC1. The summed E-state index contributed by atoms with van der Waals surface area (Å²) in [6.45, 7) is 7.25. The largest absolute Gasteiger partial charge is 0.326 e. The molecule has 0 spiro atoms. The van der Waals surface area contributed by atoms with Crippen molar-refractivity contribution in [3.8, 4) is 0 Å². The maximum Gasteiger partial charge on any atom is 0.0360 e. The van der Waals surface area contributed by atoms with Gasteiger partial charge < -0.3 is 5.73 Å². The minimum atomic E-state index is 0.365. The van der Waals surface area contributed by atoms with Crippen molar-refractivity contribution in [1.29, 1.82) is 0 Å². The molecule has 0 bridgehead atoms. The van der Waals surface area contributed by atoms with E-state index in [1.54, 1.807) is 0 Å². The second kappa shape index (κ2) is 6.38. The molecule has 1 aliphatic carbocycles. The Morgan fingerprint density at radius 1 is 1.06 bits per heavy atom. The molecule has 0 aromatic rings. The van der Waals surface area contributed by atoms with Crippen LogP contribution in [-0.4, -0.2) is 29.6 Å². The van der Waals surface area contributed by atoms with Crippen LogP contribution in [0.3, 0.4) is 0 Å². The third kappa shape index (κ3) is 2.91. The van der Waals surface area contributed by atoms with E-state index in [1.165, 1.54) is 70.9 Å². The summed E-state index contributed by atoms with van der Waals surface area (Å²) in [7, 11) is 0.